The number of halogens is 1. The molecule has 1 aromatic heterocycles. The number of hydrogen-bond acceptors (Lipinski definition) is 3. The van der Waals surface area contributed by atoms with Gasteiger partial charge in [0.25, 0.3) is 0 Å². The number of ether oxygens (including phenoxy) is 1. The Kier molecular flexibility index (Phi) is 2.29. The van der Waals surface area contributed by atoms with E-state index >= 15 is 0 Å². The maximum absolute atomic E-state index is 12.7. The summed E-state index contributed by atoms with van der Waals surface area (Å²) >= 11 is 0. The van der Waals surface area contributed by atoms with E-state index in [1.807, 2.05) is 0 Å². The number of aromatic nitrogens is 2. The summed E-state index contributed by atoms with van der Waals surface area (Å²) in [6.07, 6.45) is 0. The lowest BCUT2D eigenvalue weighted by Crippen LogP contribution is -1.89. The largest absolute Gasteiger partial charge is 0.479 e. The minimum absolute atomic E-state index is 0.292. The van der Waals surface area contributed by atoms with E-state index in [0.29, 0.717) is 17.3 Å². The summed E-state index contributed by atoms with van der Waals surface area (Å²) in [4.78, 5) is 0. The Morgan fingerprint density at radius 2 is 2.00 bits per heavy atom. The third kappa shape index (κ3) is 1.63. The molecule has 3 N–H and O–H groups in total. The first-order valence-corrected chi connectivity index (χ1v) is 4.36. The highest BCUT2D eigenvalue weighted by molar-refractivity contribution is 5.78. The first-order valence-electron chi connectivity index (χ1n) is 4.36. The summed E-state index contributed by atoms with van der Waals surface area (Å²) in [6, 6.07) is 5.97. The van der Waals surface area contributed by atoms with Crippen LogP contribution in [-0.4, -0.2) is 17.3 Å². The van der Waals surface area contributed by atoms with Crippen molar-refractivity contribution in [1.82, 2.24) is 10.2 Å². The number of aromatic amines is 1. The van der Waals surface area contributed by atoms with Gasteiger partial charge in [-0.2, -0.15) is 0 Å². The van der Waals surface area contributed by atoms with Gasteiger partial charge in [-0.05, 0) is 17.7 Å². The second kappa shape index (κ2) is 3.61. The zero-order valence-electron chi connectivity index (χ0n) is 8.12. The topological polar surface area (TPSA) is 63.9 Å². The van der Waals surface area contributed by atoms with Crippen LogP contribution in [-0.2, 0) is 0 Å². The van der Waals surface area contributed by atoms with E-state index < -0.39 is 0 Å². The number of hydrogen-bond donors (Lipinski definition) is 2. The van der Waals surface area contributed by atoms with Crippen molar-refractivity contribution in [3.8, 4) is 17.0 Å². The van der Waals surface area contributed by atoms with E-state index in [1.54, 1.807) is 12.1 Å². The molecule has 0 saturated carbocycles. The molecule has 5 heteroatoms. The molecular weight excluding hydrogens is 197 g/mol. The molecule has 1 heterocycles. The monoisotopic (exact) mass is 207 g/mol. The number of nitrogen functional groups attached to an aromatic ring is 1. The van der Waals surface area contributed by atoms with Gasteiger partial charge in [-0.25, -0.2) is 4.39 Å². The molecule has 0 fully saturated rings. The third-order valence-corrected chi connectivity index (χ3v) is 2.09. The number of anilines is 1. The van der Waals surface area contributed by atoms with Crippen molar-refractivity contribution >= 4 is 5.82 Å². The van der Waals surface area contributed by atoms with Crippen molar-refractivity contribution < 1.29 is 9.13 Å². The van der Waals surface area contributed by atoms with E-state index in [1.165, 1.54) is 19.2 Å². The molecule has 0 amide bonds. The van der Waals surface area contributed by atoms with Crippen molar-refractivity contribution in [2.24, 2.45) is 0 Å². The van der Waals surface area contributed by atoms with Crippen molar-refractivity contribution in [2.45, 2.75) is 0 Å². The molecule has 2 aromatic rings. The van der Waals surface area contributed by atoms with Gasteiger partial charge in [0.05, 0.1) is 12.7 Å². The van der Waals surface area contributed by atoms with Crippen molar-refractivity contribution in [3.05, 3.63) is 30.1 Å². The van der Waals surface area contributed by atoms with E-state index in [2.05, 4.69) is 10.2 Å². The molecular formula is C10H10FN3O. The van der Waals surface area contributed by atoms with Crippen molar-refractivity contribution in [2.75, 3.05) is 12.8 Å². The SMILES string of the molecule is COc1n[nH]c(N)c1-c1ccc(F)cc1. The van der Waals surface area contributed by atoms with Gasteiger partial charge in [0.2, 0.25) is 5.88 Å². The van der Waals surface area contributed by atoms with Crippen LogP contribution in [0.25, 0.3) is 11.1 Å². The first-order chi connectivity index (χ1) is 7.22. The Balaban J connectivity index is 2.52. The van der Waals surface area contributed by atoms with Gasteiger partial charge in [0.1, 0.15) is 11.6 Å². The van der Waals surface area contributed by atoms with Gasteiger partial charge < -0.3 is 10.5 Å². The highest BCUT2D eigenvalue weighted by Gasteiger charge is 2.13. The number of nitrogens with one attached hydrogen (secondary N) is 1. The zero-order valence-corrected chi connectivity index (χ0v) is 8.12. The fourth-order valence-corrected chi connectivity index (χ4v) is 1.38. The summed E-state index contributed by atoms with van der Waals surface area (Å²) in [6.45, 7) is 0. The van der Waals surface area contributed by atoms with E-state index in [4.69, 9.17) is 10.5 Å². The standard InChI is InChI=1S/C10H10FN3O/c1-15-10-8(9(12)13-14-10)6-2-4-7(11)5-3-6/h2-5H,1H3,(H3,12,13,14). The maximum Gasteiger partial charge on any atom is 0.242 e. The quantitative estimate of drug-likeness (QED) is 0.789. The molecule has 0 bridgehead atoms. The van der Waals surface area contributed by atoms with Gasteiger partial charge in [-0.3, -0.25) is 5.10 Å². The number of nitrogens with two attached hydrogens (primary N) is 1. The first kappa shape index (κ1) is 9.51. The van der Waals surface area contributed by atoms with E-state index in [9.17, 15) is 4.39 Å². The Labute approximate surface area is 85.9 Å². The van der Waals surface area contributed by atoms with Crippen LogP contribution in [0, 0.1) is 5.82 Å². The van der Waals surface area contributed by atoms with Gasteiger partial charge >= 0.3 is 0 Å². The highest BCUT2D eigenvalue weighted by atomic mass is 19.1. The van der Waals surface area contributed by atoms with E-state index in [0.717, 1.165) is 5.56 Å². The molecule has 0 aliphatic heterocycles. The lowest BCUT2D eigenvalue weighted by molar-refractivity contribution is 0.398. The van der Waals surface area contributed by atoms with E-state index in [-0.39, 0.29) is 5.82 Å². The summed E-state index contributed by atoms with van der Waals surface area (Å²) in [5.74, 6) is 0.511. The minimum Gasteiger partial charge on any atom is -0.479 e. The van der Waals surface area contributed by atoms with Crippen LogP contribution in [0.1, 0.15) is 0 Å². The molecule has 0 aliphatic carbocycles. The molecule has 15 heavy (non-hydrogen) atoms. The van der Waals surface area contributed by atoms with Crippen molar-refractivity contribution in [3.63, 3.8) is 0 Å². The molecule has 1 aromatic carbocycles. The van der Waals surface area contributed by atoms with Crippen LogP contribution in [0.5, 0.6) is 5.88 Å². The van der Waals surface area contributed by atoms with Gasteiger partial charge in [0, 0.05) is 0 Å². The predicted molar refractivity (Wildman–Crippen MR) is 54.9 cm³/mol. The molecule has 78 valence electrons. The molecule has 0 aliphatic rings. The number of methoxy groups -OCH3 is 1. The normalized spacial score (nSPS) is 10.3. The Morgan fingerprint density at radius 3 is 2.60 bits per heavy atom. The Hall–Kier alpha value is -2.04. The summed E-state index contributed by atoms with van der Waals surface area (Å²) in [7, 11) is 1.50. The highest BCUT2D eigenvalue weighted by Crippen LogP contribution is 2.32. The third-order valence-electron chi connectivity index (χ3n) is 2.09. The molecule has 0 radical (unpaired) electrons. The second-order valence-electron chi connectivity index (χ2n) is 3.03. The average molecular weight is 207 g/mol. The zero-order chi connectivity index (χ0) is 10.8. The van der Waals surface area contributed by atoms with Crippen LogP contribution >= 0.6 is 0 Å². The average Bonchev–Trinajstić information content (AvgIpc) is 2.61. The molecule has 0 unspecified atom stereocenters. The number of rotatable bonds is 2. The van der Waals surface area contributed by atoms with Gasteiger partial charge in [-0.1, -0.05) is 12.1 Å². The maximum atomic E-state index is 12.7. The number of benzene rings is 1. The lowest BCUT2D eigenvalue weighted by atomic mass is 10.1. The van der Waals surface area contributed by atoms with Gasteiger partial charge in [-0.15, -0.1) is 5.10 Å². The fourth-order valence-electron chi connectivity index (χ4n) is 1.38. The summed E-state index contributed by atoms with van der Waals surface area (Å²) < 4.78 is 17.8. The van der Waals surface area contributed by atoms with Crippen LogP contribution in [0.15, 0.2) is 24.3 Å². The number of H-pyrrole nitrogens is 1. The number of nitrogens with zero attached hydrogens (tertiary/aromatic N) is 1. The predicted octanol–water partition coefficient (Wildman–Crippen LogP) is 1.81. The summed E-state index contributed by atoms with van der Waals surface area (Å²) in [5, 5.41) is 6.48. The molecule has 0 spiro atoms. The molecule has 2 rings (SSSR count). The smallest absolute Gasteiger partial charge is 0.242 e. The van der Waals surface area contributed by atoms with Crippen LogP contribution in [0.3, 0.4) is 0 Å². The fraction of sp³-hybridized carbons (Fsp3) is 0.100. The van der Waals surface area contributed by atoms with Crippen LogP contribution in [0.4, 0.5) is 10.2 Å². The molecule has 4 nitrogen and oxygen atoms in total. The lowest BCUT2D eigenvalue weighted by Gasteiger charge is -2.02. The Bertz CT molecular complexity index is 464. The van der Waals surface area contributed by atoms with Crippen LogP contribution < -0.4 is 10.5 Å². The second-order valence-corrected chi connectivity index (χ2v) is 3.03. The summed E-state index contributed by atoms with van der Waals surface area (Å²) in [5.41, 5.74) is 7.11. The van der Waals surface area contributed by atoms with Crippen molar-refractivity contribution in [1.29, 1.82) is 0 Å². The Morgan fingerprint density at radius 1 is 1.33 bits per heavy atom. The minimum atomic E-state index is -0.292. The molecule has 0 saturated heterocycles. The molecule has 0 atom stereocenters. The van der Waals surface area contributed by atoms with Gasteiger partial charge in [0.15, 0.2) is 0 Å². The van der Waals surface area contributed by atoms with Crippen LogP contribution in [0.2, 0.25) is 0 Å².